The van der Waals surface area contributed by atoms with Crippen molar-refractivity contribution in [2.24, 2.45) is 0 Å². The number of pyridine rings is 1. The van der Waals surface area contributed by atoms with Gasteiger partial charge in [0.15, 0.2) is 5.65 Å². The fraction of sp³-hybridized carbons (Fsp3) is 0.278. The number of hydrogen-bond donors (Lipinski definition) is 0. The molecule has 3 aromatic rings. The van der Waals surface area contributed by atoms with E-state index in [0.29, 0.717) is 11.5 Å². The largest absolute Gasteiger partial charge is 0.468 e. The normalized spacial score (nSPS) is 11.5. The van der Waals surface area contributed by atoms with Gasteiger partial charge in [-0.1, -0.05) is 19.1 Å². The Morgan fingerprint density at radius 1 is 1.19 bits per heavy atom. The zero-order valence-corrected chi connectivity index (χ0v) is 16.1. The van der Waals surface area contributed by atoms with E-state index in [4.69, 9.17) is 4.74 Å². The minimum Gasteiger partial charge on any atom is -0.468 e. The zero-order chi connectivity index (χ0) is 19.6. The van der Waals surface area contributed by atoms with E-state index < -0.39 is 22.5 Å². The number of aromatic nitrogens is 3. The van der Waals surface area contributed by atoms with Gasteiger partial charge in [-0.05, 0) is 43.2 Å². The number of rotatable bonds is 6. The van der Waals surface area contributed by atoms with Crippen molar-refractivity contribution in [3.63, 3.8) is 0 Å². The van der Waals surface area contributed by atoms with Crippen LogP contribution in [0.4, 0.5) is 5.69 Å². The summed E-state index contributed by atoms with van der Waals surface area (Å²) in [4.78, 5) is 11.9. The third kappa shape index (κ3) is 3.50. The molecule has 0 unspecified atom stereocenters. The van der Waals surface area contributed by atoms with Crippen LogP contribution in [-0.2, 0) is 26.0 Å². The summed E-state index contributed by atoms with van der Waals surface area (Å²) in [5.74, 6) is -0.100. The van der Waals surface area contributed by atoms with Gasteiger partial charge in [0.1, 0.15) is 17.3 Å². The molecule has 0 aliphatic rings. The van der Waals surface area contributed by atoms with Gasteiger partial charge in [-0.2, -0.15) is 0 Å². The third-order valence-electron chi connectivity index (χ3n) is 4.27. The van der Waals surface area contributed by atoms with E-state index in [2.05, 4.69) is 10.2 Å². The van der Waals surface area contributed by atoms with Crippen molar-refractivity contribution >= 4 is 27.3 Å². The lowest BCUT2D eigenvalue weighted by Gasteiger charge is -2.23. The number of nitrogens with zero attached hydrogens (tertiary/aromatic N) is 4. The zero-order valence-electron chi connectivity index (χ0n) is 15.3. The molecule has 0 radical (unpaired) electrons. The van der Waals surface area contributed by atoms with Gasteiger partial charge in [-0.15, -0.1) is 10.2 Å². The number of fused-ring (bicyclic) bond motifs is 1. The molecule has 0 amide bonds. The smallest absolute Gasteiger partial charge is 0.326 e. The minimum atomic E-state index is -4.08. The van der Waals surface area contributed by atoms with Crippen LogP contribution >= 0.6 is 0 Å². The Morgan fingerprint density at radius 3 is 2.52 bits per heavy atom. The first-order chi connectivity index (χ1) is 12.9. The van der Waals surface area contributed by atoms with Crippen molar-refractivity contribution in [2.45, 2.75) is 25.2 Å². The molecular weight excluding hydrogens is 368 g/mol. The minimum absolute atomic E-state index is 0.0333. The van der Waals surface area contributed by atoms with Crippen molar-refractivity contribution in [1.82, 2.24) is 14.6 Å². The van der Waals surface area contributed by atoms with Gasteiger partial charge in [0, 0.05) is 6.20 Å². The van der Waals surface area contributed by atoms with Gasteiger partial charge < -0.3 is 4.74 Å². The first kappa shape index (κ1) is 18.8. The highest BCUT2D eigenvalue weighted by Gasteiger charge is 2.30. The van der Waals surface area contributed by atoms with Crippen LogP contribution in [0.3, 0.4) is 0 Å². The molecule has 0 N–H and O–H groups in total. The van der Waals surface area contributed by atoms with Crippen molar-refractivity contribution in [3.05, 3.63) is 54.0 Å². The maximum absolute atomic E-state index is 13.4. The van der Waals surface area contributed by atoms with Crippen molar-refractivity contribution in [1.29, 1.82) is 0 Å². The Balaban J connectivity index is 2.15. The lowest BCUT2D eigenvalue weighted by molar-refractivity contribution is -0.138. The number of methoxy groups -OCH3 is 1. The Labute approximate surface area is 157 Å². The number of esters is 1. The molecule has 0 saturated carbocycles. The van der Waals surface area contributed by atoms with Gasteiger partial charge >= 0.3 is 5.97 Å². The lowest BCUT2D eigenvalue weighted by atomic mass is 10.1. The highest BCUT2D eigenvalue weighted by molar-refractivity contribution is 7.93. The lowest BCUT2D eigenvalue weighted by Crippen LogP contribution is -2.36. The predicted octanol–water partition coefficient (Wildman–Crippen LogP) is 1.97. The average molecular weight is 388 g/mol. The predicted molar refractivity (Wildman–Crippen MR) is 100 cm³/mol. The van der Waals surface area contributed by atoms with E-state index in [1.54, 1.807) is 35.7 Å². The number of aryl methyl sites for hydroxylation is 2. The fourth-order valence-corrected chi connectivity index (χ4v) is 4.25. The second-order valence-corrected chi connectivity index (χ2v) is 7.75. The van der Waals surface area contributed by atoms with E-state index in [9.17, 15) is 13.2 Å². The number of sulfonamides is 1. The molecule has 3 rings (SSSR count). The summed E-state index contributed by atoms with van der Waals surface area (Å²) in [5, 5.41) is 7.92. The molecule has 0 bridgehead atoms. The van der Waals surface area contributed by atoms with Crippen LogP contribution in [0.15, 0.2) is 47.5 Å². The number of benzene rings is 1. The van der Waals surface area contributed by atoms with Gasteiger partial charge in [0.05, 0.1) is 12.8 Å². The first-order valence-electron chi connectivity index (χ1n) is 8.37. The van der Waals surface area contributed by atoms with Gasteiger partial charge in [0.25, 0.3) is 10.0 Å². The molecule has 142 valence electrons. The van der Waals surface area contributed by atoms with Gasteiger partial charge in [0.2, 0.25) is 0 Å². The Morgan fingerprint density at radius 2 is 1.89 bits per heavy atom. The Kier molecular flexibility index (Phi) is 5.13. The summed E-state index contributed by atoms with van der Waals surface area (Å²) in [5.41, 5.74) is 1.63. The van der Waals surface area contributed by atoms with Crippen LogP contribution in [-0.4, -0.2) is 42.6 Å². The van der Waals surface area contributed by atoms with E-state index in [-0.39, 0.29) is 10.5 Å². The summed E-state index contributed by atoms with van der Waals surface area (Å²) < 4.78 is 34.1. The summed E-state index contributed by atoms with van der Waals surface area (Å²) in [6.45, 7) is 3.29. The van der Waals surface area contributed by atoms with Crippen molar-refractivity contribution in [2.75, 3.05) is 18.0 Å². The highest BCUT2D eigenvalue weighted by atomic mass is 32.2. The molecule has 0 spiro atoms. The quantitative estimate of drug-likeness (QED) is 0.599. The van der Waals surface area contributed by atoms with Crippen LogP contribution in [0, 0.1) is 6.92 Å². The number of carbonyl (C=O) groups is 1. The topological polar surface area (TPSA) is 93.9 Å². The highest BCUT2D eigenvalue weighted by Crippen LogP contribution is 2.26. The molecule has 2 aromatic heterocycles. The molecular formula is C18H20N4O4S. The number of anilines is 1. The van der Waals surface area contributed by atoms with Crippen LogP contribution in [0.1, 0.15) is 18.3 Å². The maximum atomic E-state index is 13.4. The van der Waals surface area contributed by atoms with Crippen LogP contribution in [0.5, 0.6) is 0 Å². The standard InChI is InChI=1S/C18H20N4O4S/c1-4-14-7-9-15(10-8-14)22(12-17(23)26-3)27(24,25)16-6-5-11-21-13(2)19-20-18(16)21/h5-11H,4,12H2,1-3H3. The Hall–Kier alpha value is -2.94. The molecule has 0 aliphatic heterocycles. The second kappa shape index (κ2) is 7.36. The van der Waals surface area contributed by atoms with Crippen molar-refractivity contribution < 1.29 is 17.9 Å². The molecule has 0 atom stereocenters. The number of ether oxygens (including phenoxy) is 1. The summed E-state index contributed by atoms with van der Waals surface area (Å²) in [6.07, 6.45) is 2.51. The van der Waals surface area contributed by atoms with E-state index in [0.717, 1.165) is 16.3 Å². The first-order valence-corrected chi connectivity index (χ1v) is 9.81. The maximum Gasteiger partial charge on any atom is 0.326 e. The SMILES string of the molecule is CCc1ccc(N(CC(=O)OC)S(=O)(=O)c2cccn3c(C)nnc23)cc1. The molecule has 1 aromatic carbocycles. The van der Waals surface area contributed by atoms with E-state index in [1.165, 1.54) is 13.2 Å². The molecule has 0 saturated heterocycles. The molecule has 8 nitrogen and oxygen atoms in total. The fourth-order valence-electron chi connectivity index (χ4n) is 2.72. The van der Waals surface area contributed by atoms with Crippen LogP contribution in [0.25, 0.3) is 5.65 Å². The van der Waals surface area contributed by atoms with Crippen molar-refractivity contribution in [3.8, 4) is 0 Å². The van der Waals surface area contributed by atoms with Crippen LogP contribution in [0.2, 0.25) is 0 Å². The summed E-state index contributed by atoms with van der Waals surface area (Å²) in [7, 11) is -2.86. The summed E-state index contributed by atoms with van der Waals surface area (Å²) >= 11 is 0. The monoisotopic (exact) mass is 388 g/mol. The number of hydrogen-bond acceptors (Lipinski definition) is 6. The summed E-state index contributed by atoms with van der Waals surface area (Å²) in [6, 6.07) is 10.1. The van der Waals surface area contributed by atoms with Gasteiger partial charge in [-0.25, -0.2) is 8.42 Å². The van der Waals surface area contributed by atoms with Crippen LogP contribution < -0.4 is 4.31 Å². The molecule has 0 aliphatic carbocycles. The third-order valence-corrected chi connectivity index (χ3v) is 6.07. The second-order valence-electron chi connectivity index (χ2n) is 5.92. The number of carbonyl (C=O) groups excluding carboxylic acids is 1. The van der Waals surface area contributed by atoms with E-state index >= 15 is 0 Å². The molecule has 0 fully saturated rings. The molecule has 27 heavy (non-hydrogen) atoms. The molecule has 2 heterocycles. The Bertz CT molecular complexity index is 1070. The van der Waals surface area contributed by atoms with Gasteiger partial charge in [-0.3, -0.25) is 13.5 Å². The average Bonchev–Trinajstić information content (AvgIpc) is 3.07. The molecule has 9 heteroatoms. The van der Waals surface area contributed by atoms with E-state index in [1.807, 2.05) is 19.1 Å².